The van der Waals surface area contributed by atoms with Gasteiger partial charge in [-0.1, -0.05) is 42.1 Å². The van der Waals surface area contributed by atoms with E-state index in [-0.39, 0.29) is 11.5 Å². The SMILES string of the molecule is CC(OC(=O)CSc1cnc2ccccc2n1)C(=O)c1c[nH]c2ccccc12. The van der Waals surface area contributed by atoms with Crippen LogP contribution in [0.4, 0.5) is 0 Å². The van der Waals surface area contributed by atoms with E-state index < -0.39 is 12.1 Å². The van der Waals surface area contributed by atoms with Gasteiger partial charge in [0.25, 0.3) is 0 Å². The van der Waals surface area contributed by atoms with Crippen molar-refractivity contribution in [1.82, 2.24) is 15.0 Å². The molecule has 0 saturated heterocycles. The van der Waals surface area contributed by atoms with Crippen molar-refractivity contribution in [3.63, 3.8) is 0 Å². The fraction of sp³-hybridized carbons (Fsp3) is 0.143. The molecule has 2 aromatic carbocycles. The van der Waals surface area contributed by atoms with E-state index in [1.807, 2.05) is 48.5 Å². The molecule has 0 aliphatic heterocycles. The maximum atomic E-state index is 12.6. The van der Waals surface area contributed by atoms with Crippen LogP contribution in [0.25, 0.3) is 21.9 Å². The van der Waals surface area contributed by atoms with Crippen molar-refractivity contribution in [3.05, 3.63) is 66.5 Å². The average Bonchev–Trinajstić information content (AvgIpc) is 3.15. The van der Waals surface area contributed by atoms with Gasteiger partial charge in [-0.15, -0.1) is 0 Å². The highest BCUT2D eigenvalue weighted by molar-refractivity contribution is 7.99. The van der Waals surface area contributed by atoms with Gasteiger partial charge in [0.15, 0.2) is 6.10 Å². The number of esters is 1. The lowest BCUT2D eigenvalue weighted by molar-refractivity contribution is -0.143. The van der Waals surface area contributed by atoms with Gasteiger partial charge < -0.3 is 9.72 Å². The number of aromatic amines is 1. The van der Waals surface area contributed by atoms with Crippen molar-refractivity contribution in [1.29, 1.82) is 0 Å². The van der Waals surface area contributed by atoms with E-state index in [4.69, 9.17) is 4.74 Å². The summed E-state index contributed by atoms with van der Waals surface area (Å²) < 4.78 is 5.32. The molecule has 0 bridgehead atoms. The van der Waals surface area contributed by atoms with Crippen molar-refractivity contribution < 1.29 is 14.3 Å². The van der Waals surface area contributed by atoms with Gasteiger partial charge >= 0.3 is 5.97 Å². The van der Waals surface area contributed by atoms with Crippen LogP contribution in [0.1, 0.15) is 17.3 Å². The Labute approximate surface area is 165 Å². The normalized spacial score (nSPS) is 12.2. The molecule has 28 heavy (non-hydrogen) atoms. The van der Waals surface area contributed by atoms with E-state index >= 15 is 0 Å². The van der Waals surface area contributed by atoms with Crippen LogP contribution in [0.15, 0.2) is 66.0 Å². The maximum Gasteiger partial charge on any atom is 0.317 e. The number of aromatic nitrogens is 3. The lowest BCUT2D eigenvalue weighted by Crippen LogP contribution is -2.25. The van der Waals surface area contributed by atoms with Crippen LogP contribution in [-0.2, 0) is 9.53 Å². The Kier molecular flexibility index (Phi) is 5.08. The average molecular weight is 391 g/mol. The minimum Gasteiger partial charge on any atom is -0.454 e. The van der Waals surface area contributed by atoms with Crippen LogP contribution in [0.5, 0.6) is 0 Å². The Morgan fingerprint density at radius 1 is 1.11 bits per heavy atom. The summed E-state index contributed by atoms with van der Waals surface area (Å²) in [5.74, 6) is -0.652. The smallest absolute Gasteiger partial charge is 0.317 e. The molecule has 2 aromatic heterocycles. The summed E-state index contributed by atoms with van der Waals surface area (Å²) in [6.07, 6.45) is 2.41. The number of nitrogens with one attached hydrogen (secondary N) is 1. The first-order chi connectivity index (χ1) is 13.6. The lowest BCUT2D eigenvalue weighted by atomic mass is 10.1. The second-order valence-corrected chi connectivity index (χ2v) is 7.23. The van der Waals surface area contributed by atoms with Gasteiger partial charge in [-0.2, -0.15) is 0 Å². The molecule has 4 rings (SSSR count). The molecular weight excluding hydrogens is 374 g/mol. The lowest BCUT2D eigenvalue weighted by Gasteiger charge is -2.11. The first kappa shape index (κ1) is 18.2. The van der Waals surface area contributed by atoms with E-state index in [1.54, 1.807) is 19.3 Å². The fourth-order valence-electron chi connectivity index (χ4n) is 2.92. The number of ether oxygens (including phenoxy) is 1. The molecular formula is C21H17N3O3S. The van der Waals surface area contributed by atoms with Crippen molar-refractivity contribution >= 4 is 45.5 Å². The predicted octanol–water partition coefficient (Wildman–Crippen LogP) is 4.02. The summed E-state index contributed by atoms with van der Waals surface area (Å²) >= 11 is 1.23. The van der Waals surface area contributed by atoms with Crippen molar-refractivity contribution in [2.45, 2.75) is 18.1 Å². The number of nitrogens with zero attached hydrogens (tertiary/aromatic N) is 2. The highest BCUT2D eigenvalue weighted by Gasteiger charge is 2.22. The van der Waals surface area contributed by atoms with Crippen LogP contribution in [-0.4, -0.2) is 38.6 Å². The third-order valence-corrected chi connectivity index (χ3v) is 5.17. The second kappa shape index (κ2) is 7.82. The number of carbonyl (C=O) groups is 2. The van der Waals surface area contributed by atoms with Crippen molar-refractivity contribution in [2.24, 2.45) is 0 Å². The molecule has 2 heterocycles. The Bertz CT molecular complexity index is 1170. The number of H-pyrrole nitrogens is 1. The molecule has 0 saturated carbocycles. The molecule has 0 radical (unpaired) electrons. The number of Topliss-reactive ketones (excluding diaryl/α,β-unsaturated/α-hetero) is 1. The number of rotatable bonds is 6. The topological polar surface area (TPSA) is 84.9 Å². The molecule has 1 atom stereocenters. The van der Waals surface area contributed by atoms with Gasteiger partial charge in [-0.3, -0.25) is 14.6 Å². The minimum atomic E-state index is -0.866. The zero-order valence-corrected chi connectivity index (χ0v) is 15.9. The molecule has 4 aromatic rings. The summed E-state index contributed by atoms with van der Waals surface area (Å²) in [5, 5.41) is 1.45. The van der Waals surface area contributed by atoms with Crippen molar-refractivity contribution in [2.75, 3.05) is 5.75 Å². The molecule has 1 unspecified atom stereocenters. The first-order valence-corrected chi connectivity index (χ1v) is 9.75. The number of ketones is 1. The van der Waals surface area contributed by atoms with Gasteiger partial charge in [0.1, 0.15) is 5.03 Å². The summed E-state index contributed by atoms with van der Waals surface area (Å²) in [6.45, 7) is 1.59. The molecule has 0 fully saturated rings. The summed E-state index contributed by atoms with van der Waals surface area (Å²) in [6, 6.07) is 15.0. The van der Waals surface area contributed by atoms with Crippen molar-refractivity contribution in [3.8, 4) is 0 Å². The zero-order chi connectivity index (χ0) is 19.5. The minimum absolute atomic E-state index is 0.0541. The molecule has 0 spiro atoms. The molecule has 1 N–H and O–H groups in total. The number of fused-ring (bicyclic) bond motifs is 2. The van der Waals surface area contributed by atoms with Crippen LogP contribution >= 0.6 is 11.8 Å². The quantitative estimate of drug-likeness (QED) is 0.304. The van der Waals surface area contributed by atoms with Gasteiger partial charge in [0.05, 0.1) is 23.0 Å². The van der Waals surface area contributed by atoms with Crippen LogP contribution in [0, 0.1) is 0 Å². The Morgan fingerprint density at radius 2 is 1.86 bits per heavy atom. The molecule has 140 valence electrons. The van der Waals surface area contributed by atoms with Crippen LogP contribution in [0.2, 0.25) is 0 Å². The van der Waals surface area contributed by atoms with E-state index in [0.29, 0.717) is 10.6 Å². The Hall–Kier alpha value is -3.19. The third-order valence-electron chi connectivity index (χ3n) is 4.30. The first-order valence-electron chi connectivity index (χ1n) is 8.76. The predicted molar refractivity (Wildman–Crippen MR) is 108 cm³/mol. The Morgan fingerprint density at radius 3 is 2.71 bits per heavy atom. The summed E-state index contributed by atoms with van der Waals surface area (Å²) in [7, 11) is 0. The summed E-state index contributed by atoms with van der Waals surface area (Å²) in [5.41, 5.74) is 2.95. The third kappa shape index (κ3) is 3.75. The number of hydrogen-bond acceptors (Lipinski definition) is 6. The molecule has 0 amide bonds. The highest BCUT2D eigenvalue weighted by Crippen LogP contribution is 2.21. The second-order valence-electron chi connectivity index (χ2n) is 6.23. The molecule has 0 aliphatic rings. The molecule has 0 aliphatic carbocycles. The number of carbonyl (C=O) groups excluding carboxylic acids is 2. The van der Waals surface area contributed by atoms with E-state index in [2.05, 4.69) is 15.0 Å². The largest absolute Gasteiger partial charge is 0.454 e. The molecule has 6 nitrogen and oxygen atoms in total. The number of para-hydroxylation sites is 3. The van der Waals surface area contributed by atoms with Gasteiger partial charge in [-0.25, -0.2) is 4.98 Å². The van der Waals surface area contributed by atoms with Crippen LogP contribution < -0.4 is 0 Å². The number of hydrogen-bond donors (Lipinski definition) is 1. The van der Waals surface area contributed by atoms with E-state index in [0.717, 1.165) is 21.9 Å². The standard InChI is InChI=1S/C21H17N3O3S/c1-13(21(26)15-10-22-16-7-3-2-6-14(15)16)27-20(25)12-28-19-11-23-17-8-4-5-9-18(17)24-19/h2-11,13,22H,12H2,1H3. The van der Waals surface area contributed by atoms with Gasteiger partial charge in [0.2, 0.25) is 5.78 Å². The van der Waals surface area contributed by atoms with Gasteiger partial charge in [0, 0.05) is 22.7 Å². The molecule has 7 heteroatoms. The van der Waals surface area contributed by atoms with Crippen LogP contribution in [0.3, 0.4) is 0 Å². The fourth-order valence-corrected chi connectivity index (χ4v) is 3.55. The number of thioether (sulfide) groups is 1. The van der Waals surface area contributed by atoms with Gasteiger partial charge in [-0.05, 0) is 25.1 Å². The van der Waals surface area contributed by atoms with E-state index in [9.17, 15) is 9.59 Å². The maximum absolute atomic E-state index is 12.6. The monoisotopic (exact) mass is 391 g/mol. The number of benzene rings is 2. The highest BCUT2D eigenvalue weighted by atomic mass is 32.2. The zero-order valence-electron chi connectivity index (χ0n) is 15.1. The van der Waals surface area contributed by atoms with E-state index in [1.165, 1.54) is 11.8 Å². The Balaban J connectivity index is 1.38. The summed E-state index contributed by atoms with van der Waals surface area (Å²) in [4.78, 5) is 36.7.